The quantitative estimate of drug-likeness (QED) is 0.666. The number of carbonyl (C=O) groups excluding carboxylic acids is 1. The summed E-state index contributed by atoms with van der Waals surface area (Å²) < 4.78 is 37.5. The Hall–Kier alpha value is -2.83. The van der Waals surface area contributed by atoms with Gasteiger partial charge in [0.2, 0.25) is 5.91 Å². The van der Waals surface area contributed by atoms with Gasteiger partial charge in [0.25, 0.3) is 5.92 Å². The molecule has 1 heterocycles. The molecular formula is C24H28F2N2O3. The summed E-state index contributed by atoms with van der Waals surface area (Å²) in [7, 11) is 0. The van der Waals surface area contributed by atoms with Crippen LogP contribution in [0.4, 0.5) is 14.5 Å². The van der Waals surface area contributed by atoms with Crippen molar-refractivity contribution in [2.45, 2.75) is 44.8 Å². The number of alkyl halides is 2. The lowest BCUT2D eigenvalue weighted by Crippen LogP contribution is -2.24. The molecule has 1 saturated heterocycles. The van der Waals surface area contributed by atoms with Crippen molar-refractivity contribution in [2.75, 3.05) is 24.6 Å². The van der Waals surface area contributed by atoms with E-state index >= 15 is 0 Å². The second-order valence-electron chi connectivity index (χ2n) is 8.43. The third-order valence-corrected chi connectivity index (χ3v) is 5.86. The number of amides is 1. The highest BCUT2D eigenvalue weighted by molar-refractivity contribution is 5.73. The van der Waals surface area contributed by atoms with E-state index in [1.165, 1.54) is 6.92 Å². The second-order valence-corrected chi connectivity index (χ2v) is 8.43. The normalized spacial score (nSPS) is 22.6. The molecule has 1 N–H and O–H groups in total. The number of ether oxygens (including phenoxy) is 2. The van der Waals surface area contributed by atoms with Gasteiger partial charge >= 0.3 is 0 Å². The third kappa shape index (κ3) is 5.46. The average Bonchev–Trinajstić information content (AvgIpc) is 3.11. The number of hydrogen-bond donors (Lipinski definition) is 1. The molecule has 2 aliphatic rings. The number of rotatable bonds is 8. The SMILES string of the molecule is CC(=O)N[C@@H](C)c1ccc(O[C@@H]2CCN(c3ccc(OCC4CC4(F)F)cc3)C2)cc1. The molecule has 0 radical (unpaired) electrons. The van der Waals surface area contributed by atoms with E-state index in [9.17, 15) is 13.6 Å². The molecule has 0 spiro atoms. The van der Waals surface area contributed by atoms with E-state index in [0.717, 1.165) is 36.5 Å². The molecule has 1 amide bonds. The van der Waals surface area contributed by atoms with Crippen LogP contribution in [0.15, 0.2) is 48.5 Å². The molecule has 0 aromatic heterocycles. The Morgan fingerprint density at radius 2 is 1.81 bits per heavy atom. The van der Waals surface area contributed by atoms with Crippen LogP contribution in [-0.4, -0.2) is 37.6 Å². The molecular weight excluding hydrogens is 402 g/mol. The van der Waals surface area contributed by atoms with Crippen LogP contribution < -0.4 is 19.7 Å². The maximum Gasteiger partial charge on any atom is 0.255 e. The minimum absolute atomic E-state index is 0.0405. The van der Waals surface area contributed by atoms with E-state index in [4.69, 9.17) is 9.47 Å². The largest absolute Gasteiger partial charge is 0.493 e. The van der Waals surface area contributed by atoms with Crippen LogP contribution >= 0.6 is 0 Å². The van der Waals surface area contributed by atoms with E-state index in [-0.39, 0.29) is 31.1 Å². The zero-order valence-corrected chi connectivity index (χ0v) is 17.8. The molecule has 1 unspecified atom stereocenters. The molecule has 1 aliphatic heterocycles. The van der Waals surface area contributed by atoms with Crippen molar-refractivity contribution in [3.05, 3.63) is 54.1 Å². The first-order valence-electron chi connectivity index (χ1n) is 10.7. The maximum absolute atomic E-state index is 12.9. The zero-order valence-electron chi connectivity index (χ0n) is 17.8. The first-order valence-corrected chi connectivity index (χ1v) is 10.7. The molecule has 166 valence electrons. The number of benzene rings is 2. The van der Waals surface area contributed by atoms with Gasteiger partial charge in [0.15, 0.2) is 0 Å². The van der Waals surface area contributed by atoms with Gasteiger partial charge in [-0.05, 0) is 48.9 Å². The molecule has 1 aliphatic carbocycles. The molecule has 2 aromatic carbocycles. The highest BCUT2D eigenvalue weighted by Crippen LogP contribution is 2.48. The minimum atomic E-state index is -2.55. The van der Waals surface area contributed by atoms with Crippen molar-refractivity contribution < 1.29 is 23.0 Å². The Morgan fingerprint density at radius 1 is 1.16 bits per heavy atom. The van der Waals surface area contributed by atoms with Gasteiger partial charge in [-0.3, -0.25) is 4.79 Å². The molecule has 2 aromatic rings. The standard InChI is InChI=1S/C24H28F2N2O3/c1-16(27-17(2)29)18-3-7-22(8-4-18)31-23-11-12-28(14-23)20-5-9-21(10-6-20)30-15-19-13-24(19,25)26/h3-10,16,19,23H,11-15H2,1-2H3,(H,27,29)/t16-,19?,23+/m0/s1. The van der Waals surface area contributed by atoms with Crippen LogP contribution in [0, 0.1) is 5.92 Å². The lowest BCUT2D eigenvalue weighted by molar-refractivity contribution is -0.119. The summed E-state index contributed by atoms with van der Waals surface area (Å²) in [6, 6.07) is 15.4. The summed E-state index contributed by atoms with van der Waals surface area (Å²) in [5.41, 5.74) is 2.10. The Labute approximate surface area is 181 Å². The minimum Gasteiger partial charge on any atom is -0.493 e. The van der Waals surface area contributed by atoms with Gasteiger partial charge in [-0.1, -0.05) is 12.1 Å². The number of carbonyl (C=O) groups is 1. The summed E-state index contributed by atoms with van der Waals surface area (Å²) in [4.78, 5) is 13.4. The average molecular weight is 430 g/mol. The van der Waals surface area contributed by atoms with E-state index in [1.807, 2.05) is 55.5 Å². The Bertz CT molecular complexity index is 902. The Morgan fingerprint density at radius 3 is 2.42 bits per heavy atom. The fourth-order valence-electron chi connectivity index (χ4n) is 3.88. The van der Waals surface area contributed by atoms with E-state index < -0.39 is 11.8 Å². The fourth-order valence-corrected chi connectivity index (χ4v) is 3.88. The van der Waals surface area contributed by atoms with Crippen LogP contribution in [0.2, 0.25) is 0 Å². The van der Waals surface area contributed by atoms with E-state index in [2.05, 4.69) is 10.2 Å². The molecule has 4 rings (SSSR count). The van der Waals surface area contributed by atoms with Gasteiger partial charge < -0.3 is 19.7 Å². The monoisotopic (exact) mass is 430 g/mol. The molecule has 7 heteroatoms. The fraction of sp³-hybridized carbons (Fsp3) is 0.458. The van der Waals surface area contributed by atoms with Crippen molar-refractivity contribution >= 4 is 11.6 Å². The number of halogens is 2. The van der Waals surface area contributed by atoms with Gasteiger partial charge in [0, 0.05) is 32.0 Å². The summed E-state index contributed by atoms with van der Waals surface area (Å²) >= 11 is 0. The van der Waals surface area contributed by atoms with Gasteiger partial charge in [0.1, 0.15) is 17.6 Å². The predicted molar refractivity (Wildman–Crippen MR) is 115 cm³/mol. The van der Waals surface area contributed by atoms with Gasteiger partial charge in [-0.2, -0.15) is 0 Å². The van der Waals surface area contributed by atoms with Crippen molar-refractivity contribution in [3.8, 4) is 11.5 Å². The first kappa shape index (κ1) is 21.4. The van der Waals surface area contributed by atoms with Crippen LogP contribution in [0.1, 0.15) is 38.3 Å². The van der Waals surface area contributed by atoms with E-state index in [1.54, 1.807) is 0 Å². The van der Waals surface area contributed by atoms with Gasteiger partial charge in [-0.15, -0.1) is 0 Å². The lowest BCUT2D eigenvalue weighted by atomic mass is 10.1. The highest BCUT2D eigenvalue weighted by atomic mass is 19.3. The molecule has 3 atom stereocenters. The van der Waals surface area contributed by atoms with Crippen molar-refractivity contribution in [1.29, 1.82) is 0 Å². The molecule has 0 bridgehead atoms. The highest BCUT2D eigenvalue weighted by Gasteiger charge is 2.57. The van der Waals surface area contributed by atoms with Crippen LogP contribution in [0.5, 0.6) is 11.5 Å². The van der Waals surface area contributed by atoms with Crippen molar-refractivity contribution in [3.63, 3.8) is 0 Å². The third-order valence-electron chi connectivity index (χ3n) is 5.86. The summed E-state index contributed by atoms with van der Waals surface area (Å²) in [6.45, 7) is 5.18. The summed E-state index contributed by atoms with van der Waals surface area (Å²) in [5.74, 6) is -1.82. The van der Waals surface area contributed by atoms with Crippen molar-refractivity contribution in [2.24, 2.45) is 5.92 Å². The van der Waals surface area contributed by atoms with Crippen molar-refractivity contribution in [1.82, 2.24) is 5.32 Å². The molecule has 31 heavy (non-hydrogen) atoms. The zero-order chi connectivity index (χ0) is 22.0. The summed E-state index contributed by atoms with van der Waals surface area (Å²) in [5, 5.41) is 2.87. The number of hydrogen-bond acceptors (Lipinski definition) is 4. The Balaban J connectivity index is 1.26. The van der Waals surface area contributed by atoms with Gasteiger partial charge in [0.05, 0.1) is 25.1 Å². The molecule has 2 fully saturated rings. The van der Waals surface area contributed by atoms with Gasteiger partial charge in [-0.25, -0.2) is 8.78 Å². The van der Waals surface area contributed by atoms with Crippen LogP contribution in [0.25, 0.3) is 0 Å². The van der Waals surface area contributed by atoms with Crippen LogP contribution in [0.3, 0.4) is 0 Å². The number of nitrogens with zero attached hydrogens (tertiary/aromatic N) is 1. The van der Waals surface area contributed by atoms with E-state index in [0.29, 0.717) is 5.75 Å². The topological polar surface area (TPSA) is 50.8 Å². The molecule has 5 nitrogen and oxygen atoms in total. The lowest BCUT2D eigenvalue weighted by Gasteiger charge is -2.20. The Kier molecular flexibility index (Phi) is 6.03. The molecule has 1 saturated carbocycles. The summed E-state index contributed by atoms with van der Waals surface area (Å²) in [6.07, 6.45) is 0.933. The van der Waals surface area contributed by atoms with Crippen LogP contribution in [-0.2, 0) is 4.79 Å². The first-order chi connectivity index (χ1) is 14.8. The smallest absolute Gasteiger partial charge is 0.255 e. The predicted octanol–water partition coefficient (Wildman–Crippen LogP) is 4.58. The number of nitrogens with one attached hydrogen (secondary N) is 1. The number of anilines is 1. The second kappa shape index (κ2) is 8.73. The maximum atomic E-state index is 12.9.